The molecule has 0 amide bonds. The quantitative estimate of drug-likeness (QED) is 0.519. The van der Waals surface area contributed by atoms with Crippen molar-refractivity contribution in [3.05, 3.63) is 65.9 Å². The number of nitrogens with zero attached hydrogens (tertiary/aromatic N) is 3. The molecule has 2 heterocycles. The van der Waals surface area contributed by atoms with Crippen LogP contribution in [0, 0.1) is 0 Å². The van der Waals surface area contributed by atoms with Crippen molar-refractivity contribution < 1.29 is 19.0 Å². The molecule has 0 saturated carbocycles. The molecule has 4 rings (SSSR count). The Balaban J connectivity index is 1.56. The minimum atomic E-state index is -0.467. The second kappa shape index (κ2) is 10.9. The van der Waals surface area contributed by atoms with Gasteiger partial charge in [-0.2, -0.15) is 0 Å². The van der Waals surface area contributed by atoms with Gasteiger partial charge in [0, 0.05) is 37.1 Å². The molecule has 8 heteroatoms. The first-order chi connectivity index (χ1) is 16.2. The van der Waals surface area contributed by atoms with E-state index in [9.17, 15) is 4.79 Å². The molecule has 33 heavy (non-hydrogen) atoms. The van der Waals surface area contributed by atoms with E-state index >= 15 is 0 Å². The second-order valence-electron chi connectivity index (χ2n) is 7.62. The SMILES string of the molecule is CCOC(=O)c1cnc(-c2ccc(OC)cc2)nc1Nc1ccc(CN2CCOCC2)cc1. The summed E-state index contributed by atoms with van der Waals surface area (Å²) in [5.41, 5.74) is 3.14. The van der Waals surface area contributed by atoms with Gasteiger partial charge in [0.05, 0.1) is 26.9 Å². The van der Waals surface area contributed by atoms with Crippen LogP contribution in [0.3, 0.4) is 0 Å². The van der Waals surface area contributed by atoms with Gasteiger partial charge >= 0.3 is 5.97 Å². The van der Waals surface area contributed by atoms with Crippen molar-refractivity contribution in [1.82, 2.24) is 14.9 Å². The number of carbonyl (C=O) groups excluding carboxylic acids is 1. The van der Waals surface area contributed by atoms with Gasteiger partial charge < -0.3 is 19.5 Å². The van der Waals surface area contributed by atoms with Crippen LogP contribution in [0.25, 0.3) is 11.4 Å². The third-order valence-electron chi connectivity index (χ3n) is 5.36. The number of esters is 1. The lowest BCUT2D eigenvalue weighted by Gasteiger charge is -2.26. The van der Waals surface area contributed by atoms with E-state index < -0.39 is 5.97 Å². The number of ether oxygens (including phenoxy) is 3. The van der Waals surface area contributed by atoms with Gasteiger partial charge in [0.1, 0.15) is 17.1 Å². The molecule has 1 saturated heterocycles. The van der Waals surface area contributed by atoms with Crippen LogP contribution in [0.5, 0.6) is 5.75 Å². The molecule has 0 unspecified atom stereocenters. The Bertz CT molecular complexity index is 1060. The summed E-state index contributed by atoms with van der Waals surface area (Å²) in [6.45, 7) is 6.36. The van der Waals surface area contributed by atoms with Crippen LogP contribution in [0.1, 0.15) is 22.8 Å². The monoisotopic (exact) mass is 448 g/mol. The molecule has 0 spiro atoms. The number of hydrogen-bond acceptors (Lipinski definition) is 8. The molecule has 172 valence electrons. The summed E-state index contributed by atoms with van der Waals surface area (Å²) < 4.78 is 15.8. The topological polar surface area (TPSA) is 85.8 Å². The summed E-state index contributed by atoms with van der Waals surface area (Å²) in [4.78, 5) is 23.9. The summed E-state index contributed by atoms with van der Waals surface area (Å²) in [5, 5.41) is 3.27. The van der Waals surface area contributed by atoms with Crippen molar-refractivity contribution >= 4 is 17.5 Å². The van der Waals surface area contributed by atoms with Gasteiger partial charge in [-0.05, 0) is 48.9 Å². The first-order valence-corrected chi connectivity index (χ1v) is 11.0. The number of hydrogen-bond donors (Lipinski definition) is 1. The van der Waals surface area contributed by atoms with E-state index in [2.05, 4.69) is 32.3 Å². The average Bonchev–Trinajstić information content (AvgIpc) is 2.86. The van der Waals surface area contributed by atoms with Crippen molar-refractivity contribution in [2.45, 2.75) is 13.5 Å². The zero-order valence-corrected chi connectivity index (χ0v) is 18.9. The highest BCUT2D eigenvalue weighted by atomic mass is 16.5. The van der Waals surface area contributed by atoms with Crippen molar-refractivity contribution in [2.75, 3.05) is 45.3 Å². The Morgan fingerprint density at radius 1 is 1.09 bits per heavy atom. The summed E-state index contributed by atoms with van der Waals surface area (Å²) in [7, 11) is 1.62. The first-order valence-electron chi connectivity index (χ1n) is 11.0. The van der Waals surface area contributed by atoms with Crippen LogP contribution >= 0.6 is 0 Å². The van der Waals surface area contributed by atoms with Crippen LogP contribution in [-0.2, 0) is 16.0 Å². The van der Waals surface area contributed by atoms with Gasteiger partial charge in [-0.3, -0.25) is 4.90 Å². The fourth-order valence-corrected chi connectivity index (χ4v) is 3.56. The number of aromatic nitrogens is 2. The van der Waals surface area contributed by atoms with E-state index in [0.29, 0.717) is 11.6 Å². The molecule has 1 aromatic heterocycles. The Morgan fingerprint density at radius 2 is 1.82 bits per heavy atom. The molecule has 1 N–H and O–H groups in total. The largest absolute Gasteiger partial charge is 0.497 e. The molecular formula is C25H28N4O4. The predicted molar refractivity (Wildman–Crippen MR) is 126 cm³/mol. The molecule has 0 atom stereocenters. The maximum atomic E-state index is 12.5. The molecule has 2 aromatic carbocycles. The Labute approximate surface area is 193 Å². The number of anilines is 2. The zero-order chi connectivity index (χ0) is 23.0. The molecule has 1 aliphatic rings. The van der Waals surface area contributed by atoms with Crippen molar-refractivity contribution in [3.8, 4) is 17.1 Å². The maximum absolute atomic E-state index is 12.5. The van der Waals surface area contributed by atoms with Gasteiger partial charge in [-0.15, -0.1) is 0 Å². The number of carbonyl (C=O) groups is 1. The number of morpholine rings is 1. The summed E-state index contributed by atoms with van der Waals surface area (Å²) in [6.07, 6.45) is 1.50. The van der Waals surface area contributed by atoms with Crippen LogP contribution < -0.4 is 10.1 Å². The number of benzene rings is 2. The highest BCUT2D eigenvalue weighted by molar-refractivity contribution is 5.95. The molecule has 8 nitrogen and oxygen atoms in total. The smallest absolute Gasteiger partial charge is 0.343 e. The third kappa shape index (κ3) is 5.85. The number of nitrogens with one attached hydrogen (secondary N) is 1. The van der Waals surface area contributed by atoms with Crippen molar-refractivity contribution in [2.24, 2.45) is 0 Å². The average molecular weight is 449 g/mol. The van der Waals surface area contributed by atoms with Crippen molar-refractivity contribution in [1.29, 1.82) is 0 Å². The van der Waals surface area contributed by atoms with E-state index in [0.717, 1.165) is 49.8 Å². The Kier molecular flexibility index (Phi) is 7.49. The third-order valence-corrected chi connectivity index (χ3v) is 5.36. The van der Waals surface area contributed by atoms with Crippen LogP contribution in [0.4, 0.5) is 11.5 Å². The molecule has 0 aliphatic carbocycles. The van der Waals surface area contributed by atoms with Crippen LogP contribution in [0.2, 0.25) is 0 Å². The zero-order valence-electron chi connectivity index (χ0n) is 18.9. The Morgan fingerprint density at radius 3 is 2.48 bits per heavy atom. The van der Waals surface area contributed by atoms with E-state index in [1.165, 1.54) is 11.8 Å². The normalized spacial score (nSPS) is 14.0. The van der Waals surface area contributed by atoms with E-state index in [-0.39, 0.29) is 12.2 Å². The van der Waals surface area contributed by atoms with Crippen LogP contribution in [0.15, 0.2) is 54.7 Å². The fraction of sp³-hybridized carbons (Fsp3) is 0.320. The molecular weight excluding hydrogens is 420 g/mol. The highest BCUT2D eigenvalue weighted by Crippen LogP contribution is 2.25. The summed E-state index contributed by atoms with van der Waals surface area (Å²) in [5.74, 6) is 1.18. The fourth-order valence-electron chi connectivity index (χ4n) is 3.56. The van der Waals surface area contributed by atoms with E-state index in [4.69, 9.17) is 14.2 Å². The second-order valence-corrected chi connectivity index (χ2v) is 7.62. The summed E-state index contributed by atoms with van der Waals surface area (Å²) >= 11 is 0. The molecule has 1 aliphatic heterocycles. The van der Waals surface area contributed by atoms with Gasteiger partial charge in [0.15, 0.2) is 5.82 Å². The maximum Gasteiger partial charge on any atom is 0.343 e. The van der Waals surface area contributed by atoms with E-state index in [1.54, 1.807) is 14.0 Å². The lowest BCUT2D eigenvalue weighted by Crippen LogP contribution is -2.35. The Hall–Kier alpha value is -3.49. The molecule has 0 radical (unpaired) electrons. The van der Waals surface area contributed by atoms with Crippen molar-refractivity contribution in [3.63, 3.8) is 0 Å². The lowest BCUT2D eigenvalue weighted by atomic mass is 10.1. The van der Waals surface area contributed by atoms with Gasteiger partial charge in [0.25, 0.3) is 0 Å². The van der Waals surface area contributed by atoms with Gasteiger partial charge in [-0.1, -0.05) is 12.1 Å². The van der Waals surface area contributed by atoms with Crippen LogP contribution in [-0.4, -0.2) is 60.9 Å². The lowest BCUT2D eigenvalue weighted by molar-refractivity contribution is 0.0342. The van der Waals surface area contributed by atoms with E-state index in [1.807, 2.05) is 36.4 Å². The summed E-state index contributed by atoms with van der Waals surface area (Å²) in [6, 6.07) is 15.6. The number of methoxy groups -OCH3 is 1. The minimum absolute atomic E-state index is 0.273. The van der Waals surface area contributed by atoms with Gasteiger partial charge in [0.2, 0.25) is 0 Å². The minimum Gasteiger partial charge on any atom is -0.497 e. The first kappa shape index (κ1) is 22.7. The highest BCUT2D eigenvalue weighted by Gasteiger charge is 2.17. The predicted octanol–water partition coefficient (Wildman–Crippen LogP) is 3.90. The molecule has 1 fully saturated rings. The standard InChI is InChI=1S/C25H28N4O4/c1-3-33-25(30)22-16-26-23(19-6-10-21(31-2)11-7-19)28-24(22)27-20-8-4-18(5-9-20)17-29-12-14-32-15-13-29/h4-11,16H,3,12-15,17H2,1-2H3,(H,26,27,28). The molecule has 0 bridgehead atoms. The number of rotatable bonds is 8. The van der Waals surface area contributed by atoms with Gasteiger partial charge in [-0.25, -0.2) is 14.8 Å². The molecule has 3 aromatic rings.